The molecule has 6 heteroatoms. The van der Waals surface area contributed by atoms with Gasteiger partial charge >= 0.3 is 6.18 Å². The van der Waals surface area contributed by atoms with Gasteiger partial charge in [0.05, 0.1) is 6.10 Å². The lowest BCUT2D eigenvalue weighted by molar-refractivity contribution is -0.189. The Bertz CT molecular complexity index is 210. The van der Waals surface area contributed by atoms with Crippen molar-refractivity contribution in [3.05, 3.63) is 0 Å². The highest BCUT2D eigenvalue weighted by Crippen LogP contribution is 2.28. The number of β-amino-alcohol motifs (C(OH)–C–C–N with tert-alkyl or cyclic N) is 1. The summed E-state index contributed by atoms with van der Waals surface area (Å²) in [4.78, 5) is 1.23. The lowest BCUT2D eigenvalue weighted by Gasteiger charge is -2.39. The van der Waals surface area contributed by atoms with E-state index in [1.165, 1.54) is 4.90 Å². The van der Waals surface area contributed by atoms with Crippen LogP contribution in [0, 0.1) is 5.92 Å². The Morgan fingerprint density at radius 1 is 1.53 bits per heavy atom. The molecule has 1 fully saturated rings. The number of rotatable bonds is 2. The first-order valence-electron chi connectivity index (χ1n) is 5.05. The van der Waals surface area contributed by atoms with Crippen LogP contribution in [0.1, 0.15) is 13.3 Å². The molecule has 90 valence electrons. The van der Waals surface area contributed by atoms with Gasteiger partial charge < -0.3 is 10.8 Å². The van der Waals surface area contributed by atoms with Gasteiger partial charge in [0.2, 0.25) is 0 Å². The van der Waals surface area contributed by atoms with Crippen LogP contribution in [0.25, 0.3) is 0 Å². The lowest BCUT2D eigenvalue weighted by Crippen LogP contribution is -2.56. The van der Waals surface area contributed by atoms with Gasteiger partial charge in [-0.15, -0.1) is 0 Å². The van der Waals surface area contributed by atoms with Gasteiger partial charge in [0.25, 0.3) is 0 Å². The fourth-order valence-corrected chi connectivity index (χ4v) is 1.85. The molecule has 3 N–H and O–H groups in total. The van der Waals surface area contributed by atoms with Crippen LogP contribution in [0.15, 0.2) is 0 Å². The molecule has 3 unspecified atom stereocenters. The molecule has 0 aromatic carbocycles. The molecule has 1 saturated heterocycles. The summed E-state index contributed by atoms with van der Waals surface area (Å²) < 4.78 is 37.6. The van der Waals surface area contributed by atoms with Crippen LogP contribution in [0.5, 0.6) is 0 Å². The third kappa shape index (κ3) is 3.06. The second-order valence-electron chi connectivity index (χ2n) is 4.12. The standard InChI is InChI=1S/C9H17F3N2O/c1-6-2-3-14(5-7(6)15)8(4-13)9(10,11)12/h6-8,15H,2-5,13H2,1H3. The van der Waals surface area contributed by atoms with Crippen molar-refractivity contribution < 1.29 is 18.3 Å². The first-order valence-corrected chi connectivity index (χ1v) is 5.05. The number of aliphatic hydroxyl groups excluding tert-OH is 1. The molecule has 1 aliphatic heterocycles. The van der Waals surface area contributed by atoms with Crippen molar-refractivity contribution >= 4 is 0 Å². The van der Waals surface area contributed by atoms with Gasteiger partial charge in [-0.25, -0.2) is 0 Å². The minimum Gasteiger partial charge on any atom is -0.392 e. The van der Waals surface area contributed by atoms with E-state index in [1.807, 2.05) is 6.92 Å². The number of hydrogen-bond donors (Lipinski definition) is 2. The minimum atomic E-state index is -4.31. The molecular formula is C9H17F3N2O. The molecule has 0 spiro atoms. The minimum absolute atomic E-state index is 0.0581. The Labute approximate surface area is 87.0 Å². The Morgan fingerprint density at radius 3 is 2.53 bits per heavy atom. The number of piperidine rings is 1. The van der Waals surface area contributed by atoms with Gasteiger partial charge in [-0.1, -0.05) is 6.92 Å². The van der Waals surface area contributed by atoms with Gasteiger partial charge in [0.15, 0.2) is 0 Å². The lowest BCUT2D eigenvalue weighted by atomic mass is 9.95. The van der Waals surface area contributed by atoms with E-state index < -0.39 is 24.9 Å². The number of aliphatic hydroxyl groups is 1. The molecule has 3 atom stereocenters. The Hall–Kier alpha value is -0.330. The first kappa shape index (κ1) is 12.7. The summed E-state index contributed by atoms with van der Waals surface area (Å²) >= 11 is 0. The molecule has 1 rings (SSSR count). The molecule has 1 aliphatic rings. The van der Waals surface area contributed by atoms with E-state index in [2.05, 4.69) is 0 Å². The van der Waals surface area contributed by atoms with Crippen LogP contribution < -0.4 is 5.73 Å². The summed E-state index contributed by atoms with van der Waals surface area (Å²) in [6, 6.07) is -1.63. The van der Waals surface area contributed by atoms with Crippen LogP contribution in [0.3, 0.4) is 0 Å². The zero-order valence-corrected chi connectivity index (χ0v) is 8.67. The van der Waals surface area contributed by atoms with E-state index in [0.29, 0.717) is 13.0 Å². The Balaban J connectivity index is 2.63. The van der Waals surface area contributed by atoms with E-state index in [0.717, 1.165) is 0 Å². The molecule has 1 heterocycles. The second kappa shape index (κ2) is 4.67. The van der Waals surface area contributed by atoms with Gasteiger partial charge in [-0.3, -0.25) is 4.90 Å². The van der Waals surface area contributed by atoms with Crippen LogP contribution in [-0.4, -0.2) is 48.0 Å². The number of hydrogen-bond acceptors (Lipinski definition) is 3. The maximum Gasteiger partial charge on any atom is 0.405 e. The number of halogens is 3. The predicted octanol–water partition coefficient (Wildman–Crippen LogP) is 0.579. The fraction of sp³-hybridized carbons (Fsp3) is 1.00. The van der Waals surface area contributed by atoms with Crippen LogP contribution >= 0.6 is 0 Å². The zero-order valence-electron chi connectivity index (χ0n) is 8.67. The Morgan fingerprint density at radius 2 is 2.13 bits per heavy atom. The molecule has 0 aliphatic carbocycles. The summed E-state index contributed by atoms with van der Waals surface area (Å²) in [7, 11) is 0. The smallest absolute Gasteiger partial charge is 0.392 e. The van der Waals surface area contributed by atoms with E-state index in [4.69, 9.17) is 5.73 Å². The highest BCUT2D eigenvalue weighted by molar-refractivity contribution is 4.86. The number of nitrogens with two attached hydrogens (primary N) is 1. The van der Waals surface area contributed by atoms with Crippen LogP contribution in [0.4, 0.5) is 13.2 Å². The number of nitrogens with zero attached hydrogens (tertiary/aromatic N) is 1. The summed E-state index contributed by atoms with van der Waals surface area (Å²) in [5.74, 6) is 0.0629. The topological polar surface area (TPSA) is 49.5 Å². The van der Waals surface area contributed by atoms with E-state index in [-0.39, 0.29) is 12.5 Å². The monoisotopic (exact) mass is 226 g/mol. The highest BCUT2D eigenvalue weighted by Gasteiger charge is 2.44. The molecule has 0 radical (unpaired) electrons. The van der Waals surface area contributed by atoms with Gasteiger partial charge in [-0.05, 0) is 18.9 Å². The summed E-state index contributed by atoms with van der Waals surface area (Å²) in [6.07, 6.45) is -4.42. The van der Waals surface area contributed by atoms with Crippen molar-refractivity contribution in [3.63, 3.8) is 0 Å². The van der Waals surface area contributed by atoms with E-state index in [9.17, 15) is 18.3 Å². The Kier molecular flexibility index (Phi) is 3.97. The quantitative estimate of drug-likeness (QED) is 0.724. The third-order valence-corrected chi connectivity index (χ3v) is 2.99. The van der Waals surface area contributed by atoms with E-state index in [1.54, 1.807) is 0 Å². The average Bonchev–Trinajstić information content (AvgIpc) is 2.10. The SMILES string of the molecule is CC1CCN(C(CN)C(F)(F)F)CC1O. The number of alkyl halides is 3. The fourth-order valence-electron chi connectivity index (χ4n) is 1.85. The van der Waals surface area contributed by atoms with Crippen molar-refractivity contribution in [2.24, 2.45) is 11.7 Å². The molecular weight excluding hydrogens is 209 g/mol. The van der Waals surface area contributed by atoms with Crippen LogP contribution in [0.2, 0.25) is 0 Å². The number of likely N-dealkylation sites (tertiary alicyclic amines) is 1. The third-order valence-electron chi connectivity index (χ3n) is 2.99. The molecule has 0 bridgehead atoms. The second-order valence-corrected chi connectivity index (χ2v) is 4.12. The van der Waals surface area contributed by atoms with Crippen molar-refractivity contribution in [3.8, 4) is 0 Å². The maximum absolute atomic E-state index is 12.5. The zero-order chi connectivity index (χ0) is 11.6. The highest BCUT2D eigenvalue weighted by atomic mass is 19.4. The molecule has 3 nitrogen and oxygen atoms in total. The maximum atomic E-state index is 12.5. The van der Waals surface area contributed by atoms with E-state index >= 15 is 0 Å². The van der Waals surface area contributed by atoms with Gasteiger partial charge in [0.1, 0.15) is 6.04 Å². The molecule has 15 heavy (non-hydrogen) atoms. The van der Waals surface area contributed by atoms with Gasteiger partial charge in [-0.2, -0.15) is 13.2 Å². The molecule has 0 aromatic heterocycles. The predicted molar refractivity (Wildman–Crippen MR) is 50.3 cm³/mol. The molecule has 0 amide bonds. The normalized spacial score (nSPS) is 31.6. The summed E-state index contributed by atoms with van der Waals surface area (Å²) in [5, 5.41) is 9.51. The van der Waals surface area contributed by atoms with Crippen molar-refractivity contribution in [1.82, 2.24) is 4.90 Å². The van der Waals surface area contributed by atoms with Crippen molar-refractivity contribution in [2.45, 2.75) is 31.7 Å². The van der Waals surface area contributed by atoms with Crippen molar-refractivity contribution in [1.29, 1.82) is 0 Å². The summed E-state index contributed by atoms with van der Waals surface area (Å²) in [6.45, 7) is 1.79. The van der Waals surface area contributed by atoms with Gasteiger partial charge in [0, 0.05) is 13.1 Å². The average molecular weight is 226 g/mol. The summed E-state index contributed by atoms with van der Waals surface area (Å²) in [5.41, 5.74) is 5.13. The first-order chi connectivity index (χ1) is 6.86. The molecule has 0 saturated carbocycles. The van der Waals surface area contributed by atoms with Crippen LogP contribution in [-0.2, 0) is 0 Å². The van der Waals surface area contributed by atoms with Crippen molar-refractivity contribution in [2.75, 3.05) is 19.6 Å². The molecule has 0 aromatic rings. The largest absolute Gasteiger partial charge is 0.405 e.